The number of benzene rings is 1. The minimum atomic E-state index is 0.569. The van der Waals surface area contributed by atoms with Crippen molar-refractivity contribution >= 4 is 34.6 Å². The summed E-state index contributed by atoms with van der Waals surface area (Å²) >= 11 is 11.5. The van der Waals surface area contributed by atoms with Crippen LogP contribution in [0, 0.1) is 18.8 Å². The van der Waals surface area contributed by atoms with E-state index in [4.69, 9.17) is 23.8 Å². The first kappa shape index (κ1) is 13.2. The Hall–Kier alpha value is -0.800. The third-order valence-corrected chi connectivity index (χ3v) is 5.11. The van der Waals surface area contributed by atoms with Crippen molar-refractivity contribution in [1.29, 1.82) is 0 Å². The van der Waals surface area contributed by atoms with Gasteiger partial charge in [0.1, 0.15) is 0 Å². The van der Waals surface area contributed by atoms with Crippen molar-refractivity contribution < 1.29 is 0 Å². The number of fused-ring (bicyclic) bond motifs is 2. The number of nitrogens with one attached hydrogen (secondary N) is 2. The molecule has 0 aromatic heterocycles. The Kier molecular flexibility index (Phi) is 3.68. The molecule has 2 bridgehead atoms. The summed E-state index contributed by atoms with van der Waals surface area (Å²) in [5, 5.41) is 8.19. The first-order valence-electron chi connectivity index (χ1n) is 6.95. The van der Waals surface area contributed by atoms with Crippen LogP contribution in [0.25, 0.3) is 0 Å². The molecule has 102 valence electrons. The van der Waals surface area contributed by atoms with Crippen LogP contribution in [0.5, 0.6) is 0 Å². The average Bonchev–Trinajstić information content (AvgIpc) is 2.96. The van der Waals surface area contributed by atoms with Crippen LogP contribution in [-0.4, -0.2) is 11.2 Å². The van der Waals surface area contributed by atoms with E-state index in [1.54, 1.807) is 0 Å². The fourth-order valence-electron chi connectivity index (χ4n) is 3.43. The Morgan fingerprint density at radius 1 is 1.32 bits per heavy atom. The Morgan fingerprint density at radius 3 is 2.79 bits per heavy atom. The molecular weight excluding hydrogens is 276 g/mol. The molecule has 2 nitrogen and oxygen atoms in total. The summed E-state index contributed by atoms with van der Waals surface area (Å²) < 4.78 is 0. The highest BCUT2D eigenvalue weighted by molar-refractivity contribution is 7.80. The molecule has 1 aromatic rings. The van der Waals surface area contributed by atoms with Gasteiger partial charge >= 0.3 is 0 Å². The molecular formula is C15H19ClN2S. The SMILES string of the molecule is Cc1ccc(NC(=S)N[C@H]2C[C@@H]3CC[C@@H]2C3)cc1Cl. The number of hydrogen-bond donors (Lipinski definition) is 2. The Bertz CT molecular complexity index is 503. The summed E-state index contributed by atoms with van der Waals surface area (Å²) in [4.78, 5) is 0. The molecule has 0 heterocycles. The Labute approximate surface area is 124 Å². The van der Waals surface area contributed by atoms with Gasteiger partial charge in [-0.1, -0.05) is 24.1 Å². The maximum absolute atomic E-state index is 6.12. The smallest absolute Gasteiger partial charge is 0.171 e. The van der Waals surface area contributed by atoms with Gasteiger partial charge in [0.2, 0.25) is 0 Å². The minimum Gasteiger partial charge on any atom is -0.359 e. The summed E-state index contributed by atoms with van der Waals surface area (Å²) in [5.41, 5.74) is 2.04. The summed E-state index contributed by atoms with van der Waals surface area (Å²) in [6, 6.07) is 6.51. The zero-order chi connectivity index (χ0) is 13.4. The fourth-order valence-corrected chi connectivity index (χ4v) is 3.88. The van der Waals surface area contributed by atoms with Crippen molar-refractivity contribution in [1.82, 2.24) is 5.32 Å². The third kappa shape index (κ3) is 2.87. The van der Waals surface area contributed by atoms with E-state index >= 15 is 0 Å². The highest BCUT2D eigenvalue weighted by Crippen LogP contribution is 2.44. The molecule has 3 rings (SSSR count). The lowest BCUT2D eigenvalue weighted by Crippen LogP contribution is -2.40. The maximum Gasteiger partial charge on any atom is 0.171 e. The molecule has 0 amide bonds. The fraction of sp³-hybridized carbons (Fsp3) is 0.533. The molecule has 2 aliphatic carbocycles. The Balaban J connectivity index is 1.57. The number of thiocarbonyl (C=S) groups is 1. The summed E-state index contributed by atoms with van der Waals surface area (Å²) in [7, 11) is 0. The monoisotopic (exact) mass is 294 g/mol. The van der Waals surface area contributed by atoms with Gasteiger partial charge in [-0.3, -0.25) is 0 Å². The van der Waals surface area contributed by atoms with Crippen LogP contribution >= 0.6 is 23.8 Å². The maximum atomic E-state index is 6.12. The molecule has 0 aliphatic heterocycles. The number of rotatable bonds is 2. The second kappa shape index (κ2) is 5.29. The van der Waals surface area contributed by atoms with Crippen molar-refractivity contribution in [2.45, 2.75) is 38.6 Å². The lowest BCUT2D eigenvalue weighted by Gasteiger charge is -2.24. The van der Waals surface area contributed by atoms with E-state index in [0.717, 1.165) is 33.2 Å². The number of hydrogen-bond acceptors (Lipinski definition) is 1. The normalized spacial score (nSPS) is 28.4. The highest BCUT2D eigenvalue weighted by atomic mass is 35.5. The average molecular weight is 295 g/mol. The minimum absolute atomic E-state index is 0.569. The van der Waals surface area contributed by atoms with Crippen LogP contribution in [0.15, 0.2) is 18.2 Å². The van der Waals surface area contributed by atoms with E-state index in [9.17, 15) is 0 Å². The first-order valence-corrected chi connectivity index (χ1v) is 7.74. The van der Waals surface area contributed by atoms with Gasteiger partial charge in [-0.25, -0.2) is 0 Å². The topological polar surface area (TPSA) is 24.1 Å². The van der Waals surface area contributed by atoms with Crippen molar-refractivity contribution in [3.05, 3.63) is 28.8 Å². The second-order valence-electron chi connectivity index (χ2n) is 5.84. The van der Waals surface area contributed by atoms with E-state index in [0.29, 0.717) is 6.04 Å². The molecule has 0 unspecified atom stereocenters. The van der Waals surface area contributed by atoms with Crippen molar-refractivity contribution in [2.75, 3.05) is 5.32 Å². The van der Waals surface area contributed by atoms with Crippen LogP contribution in [0.3, 0.4) is 0 Å². The van der Waals surface area contributed by atoms with Crippen molar-refractivity contribution in [3.8, 4) is 0 Å². The summed E-state index contributed by atoms with van der Waals surface area (Å²) in [6.45, 7) is 2.00. The summed E-state index contributed by atoms with van der Waals surface area (Å²) in [5.74, 6) is 1.76. The number of halogens is 1. The van der Waals surface area contributed by atoms with Gasteiger partial charge in [-0.05, 0) is 67.9 Å². The molecule has 19 heavy (non-hydrogen) atoms. The molecule has 2 aliphatic rings. The largest absolute Gasteiger partial charge is 0.359 e. The molecule has 3 atom stereocenters. The van der Waals surface area contributed by atoms with Gasteiger partial charge in [0, 0.05) is 16.8 Å². The van der Waals surface area contributed by atoms with Gasteiger partial charge in [0.05, 0.1) is 0 Å². The predicted octanol–water partition coefficient (Wildman–Crippen LogP) is 4.12. The van der Waals surface area contributed by atoms with E-state index in [-0.39, 0.29) is 0 Å². The zero-order valence-corrected chi connectivity index (χ0v) is 12.7. The van der Waals surface area contributed by atoms with Crippen molar-refractivity contribution in [2.24, 2.45) is 11.8 Å². The van der Waals surface area contributed by atoms with Crippen molar-refractivity contribution in [3.63, 3.8) is 0 Å². The van der Waals surface area contributed by atoms with Crippen LogP contribution < -0.4 is 10.6 Å². The van der Waals surface area contributed by atoms with Crippen LogP contribution in [-0.2, 0) is 0 Å². The quantitative estimate of drug-likeness (QED) is 0.802. The molecule has 2 N–H and O–H groups in total. The van der Waals surface area contributed by atoms with Gasteiger partial charge in [-0.2, -0.15) is 0 Å². The molecule has 0 radical (unpaired) electrons. The van der Waals surface area contributed by atoms with Gasteiger partial charge in [0.25, 0.3) is 0 Å². The molecule has 1 aromatic carbocycles. The van der Waals surface area contributed by atoms with E-state index in [1.165, 1.54) is 25.7 Å². The number of aryl methyl sites for hydroxylation is 1. The zero-order valence-electron chi connectivity index (χ0n) is 11.1. The summed E-state index contributed by atoms with van der Waals surface area (Å²) in [6.07, 6.45) is 5.44. The molecule has 0 spiro atoms. The van der Waals surface area contributed by atoms with Gasteiger partial charge < -0.3 is 10.6 Å². The lowest BCUT2D eigenvalue weighted by molar-refractivity contribution is 0.392. The lowest BCUT2D eigenvalue weighted by atomic mass is 9.96. The van der Waals surface area contributed by atoms with E-state index in [1.807, 2.05) is 25.1 Å². The van der Waals surface area contributed by atoms with Gasteiger partial charge in [0.15, 0.2) is 5.11 Å². The first-order chi connectivity index (χ1) is 9.11. The van der Waals surface area contributed by atoms with Crippen LogP contribution in [0.4, 0.5) is 5.69 Å². The molecule has 4 heteroatoms. The predicted molar refractivity (Wildman–Crippen MR) is 84.8 cm³/mol. The van der Waals surface area contributed by atoms with Crippen LogP contribution in [0.1, 0.15) is 31.2 Å². The standard InChI is InChI=1S/C15H19ClN2S/c1-9-2-5-12(8-13(9)16)17-15(19)18-14-7-10-3-4-11(14)6-10/h2,5,8,10-11,14H,3-4,6-7H2,1H3,(H2,17,18,19)/t10-,11-,14+/m1/s1. The third-order valence-electron chi connectivity index (χ3n) is 4.48. The van der Waals surface area contributed by atoms with E-state index < -0.39 is 0 Å². The molecule has 2 fully saturated rings. The molecule has 2 saturated carbocycles. The number of anilines is 1. The molecule has 0 saturated heterocycles. The van der Waals surface area contributed by atoms with Crippen LogP contribution in [0.2, 0.25) is 5.02 Å². The second-order valence-corrected chi connectivity index (χ2v) is 6.66. The van der Waals surface area contributed by atoms with E-state index in [2.05, 4.69) is 10.6 Å². The van der Waals surface area contributed by atoms with Gasteiger partial charge in [-0.15, -0.1) is 0 Å². The highest BCUT2D eigenvalue weighted by Gasteiger charge is 2.39. The Morgan fingerprint density at radius 2 is 2.16 bits per heavy atom.